The molecule has 2 aliphatic rings. The van der Waals surface area contributed by atoms with Crippen molar-refractivity contribution in [3.63, 3.8) is 0 Å². The van der Waals surface area contributed by atoms with Crippen molar-refractivity contribution in [1.82, 2.24) is 9.91 Å². The summed E-state index contributed by atoms with van der Waals surface area (Å²) in [6, 6.07) is 8.08. The summed E-state index contributed by atoms with van der Waals surface area (Å²) in [5.74, 6) is 1.87. The zero-order chi connectivity index (χ0) is 68.3. The number of amidine groups is 2. The Balaban J connectivity index is 1.83. The van der Waals surface area contributed by atoms with Gasteiger partial charge in [0, 0.05) is 5.56 Å². The minimum atomic E-state index is -0.534. The van der Waals surface area contributed by atoms with Gasteiger partial charge in [-0.2, -0.15) is 5.10 Å². The molecular formula is C72H132N4O17. The second kappa shape index (κ2) is 50.4. The van der Waals surface area contributed by atoms with Crippen LogP contribution in [-0.4, -0.2) is 234 Å². The molecule has 3 N–H and O–H groups in total. The van der Waals surface area contributed by atoms with Gasteiger partial charge in [-0.15, -0.1) is 0 Å². The predicted molar refractivity (Wildman–Crippen MR) is 367 cm³/mol. The van der Waals surface area contributed by atoms with Crippen LogP contribution in [0.4, 0.5) is 5.69 Å². The summed E-state index contributed by atoms with van der Waals surface area (Å²) in [5, 5.41) is 36.0. The lowest BCUT2D eigenvalue weighted by molar-refractivity contribution is -0.0977. The van der Waals surface area contributed by atoms with E-state index in [1.807, 2.05) is 123 Å². The van der Waals surface area contributed by atoms with Gasteiger partial charge in [0.25, 0.3) is 0 Å². The minimum Gasteiger partial charge on any atom is -0.475 e. The molecule has 0 aromatic heterocycles. The van der Waals surface area contributed by atoms with Gasteiger partial charge in [0.2, 0.25) is 5.88 Å². The Morgan fingerprint density at radius 1 is 0.366 bits per heavy atom. The second-order valence-corrected chi connectivity index (χ2v) is 26.6. The molecule has 0 aliphatic carbocycles. The van der Waals surface area contributed by atoms with Crippen LogP contribution < -0.4 is 0 Å². The lowest BCUT2D eigenvalue weighted by Gasteiger charge is -2.40. The van der Waals surface area contributed by atoms with Gasteiger partial charge in [-0.25, -0.2) is 9.89 Å². The molecule has 0 amide bonds. The van der Waals surface area contributed by atoms with Crippen LogP contribution in [0.15, 0.2) is 46.4 Å². The quantitative estimate of drug-likeness (QED) is 0.0516. The van der Waals surface area contributed by atoms with Crippen molar-refractivity contribution < 1.29 is 81.6 Å². The number of benzene rings is 1. The molecule has 0 saturated carbocycles. The highest BCUT2D eigenvalue weighted by Gasteiger charge is 2.39. The number of hydrogen-bond donors (Lipinski definition) is 3. The standard InChI is InChI=1S/C72H132N4O17/c1-17-18-19-20-21-22-23-24-25-26-27-28-29-30-35-69(92-50-65(15)90-48-63(13)88-46-61(11)85-43-57(7)81-39-53(3)78)72-73-68-34-32-31-33-67(68)71-74-75(36-55(5)83-41-59(9)87-45-60(10)84-42-56(6)80-38-52(2)77)37-70(76(71)72)93-51-66(16)91-49-64(14)89-47-62(12)86-44-58(8)82-40-54(4)79/h31-34,37,52-66,69,77-79H,17-30,35-36,38-51H2,1-16H3. The minimum absolute atomic E-state index is 0.146. The predicted octanol–water partition coefficient (Wildman–Crippen LogP) is 12.1. The van der Waals surface area contributed by atoms with Gasteiger partial charge in [0.05, 0.1) is 196 Å². The number of unbranched alkanes of at least 4 members (excludes halogenated alkanes) is 13. The first kappa shape index (κ1) is 84.3. The molecule has 21 nitrogen and oxygen atoms in total. The third kappa shape index (κ3) is 39.9. The Bertz CT molecular complexity index is 2110. The fourth-order valence-electron chi connectivity index (χ4n) is 9.95. The number of ether oxygens (including phenoxy) is 14. The maximum atomic E-state index is 9.59. The number of nitrogens with zero attached hydrogens (tertiary/aromatic N) is 4. The second-order valence-electron chi connectivity index (χ2n) is 26.6. The molecule has 3 rings (SSSR count). The first-order valence-electron chi connectivity index (χ1n) is 35.8. The summed E-state index contributed by atoms with van der Waals surface area (Å²) < 4.78 is 86.5. The summed E-state index contributed by atoms with van der Waals surface area (Å²) in [5.41, 5.74) is 1.64. The number of hydrogen-bond acceptors (Lipinski definition) is 21. The molecule has 2 aliphatic heterocycles. The third-order valence-electron chi connectivity index (χ3n) is 15.5. The maximum absolute atomic E-state index is 9.59. The van der Waals surface area contributed by atoms with Gasteiger partial charge in [-0.1, -0.05) is 109 Å². The highest BCUT2D eigenvalue weighted by Crippen LogP contribution is 2.34. The van der Waals surface area contributed by atoms with E-state index in [4.69, 9.17) is 76.4 Å². The molecule has 16 unspecified atom stereocenters. The monoisotopic (exact) mass is 1320 g/mol. The Morgan fingerprint density at radius 2 is 0.677 bits per heavy atom. The normalized spacial score (nSPS) is 18.7. The summed E-state index contributed by atoms with van der Waals surface area (Å²) in [4.78, 5) is 7.46. The molecule has 0 spiro atoms. The molecule has 16 atom stereocenters. The number of para-hydroxylation sites is 1. The Labute approximate surface area is 562 Å². The number of rotatable bonds is 60. The van der Waals surface area contributed by atoms with Crippen LogP contribution in [0, 0.1) is 0 Å². The van der Waals surface area contributed by atoms with Crippen LogP contribution in [0.3, 0.4) is 0 Å². The van der Waals surface area contributed by atoms with Crippen LogP contribution in [0.25, 0.3) is 0 Å². The van der Waals surface area contributed by atoms with Crippen molar-refractivity contribution in [2.24, 2.45) is 10.1 Å². The molecule has 0 fully saturated rings. The summed E-state index contributed by atoms with van der Waals surface area (Å²) in [6.45, 7) is 36.2. The fraction of sp³-hybridized carbons (Fsp3) is 0.861. The van der Waals surface area contributed by atoms with E-state index < -0.39 is 24.4 Å². The molecule has 0 bridgehead atoms. The third-order valence-corrected chi connectivity index (χ3v) is 15.5. The SMILES string of the molecule is CCCCCCCCCCCCCCCCC(OCC(C)OCC(C)OCC(C)OCC(C)OCC(C)O)C1=Nc2ccccc2C2=NN(CC(C)OCC(C)OCC(C)OCC(C)OCC(C)O)C=C(OCC(C)OCC(C)OCC(C)OCC(C)OCC(C)O)N21. The number of aliphatic hydroxyl groups excluding tert-OH is 3. The van der Waals surface area contributed by atoms with E-state index in [9.17, 15) is 15.3 Å². The number of hydrazone groups is 1. The Hall–Kier alpha value is -2.94. The van der Waals surface area contributed by atoms with Crippen molar-refractivity contribution in [2.45, 2.75) is 305 Å². The van der Waals surface area contributed by atoms with Gasteiger partial charge >= 0.3 is 0 Å². The zero-order valence-electron chi connectivity index (χ0n) is 60.7. The highest BCUT2D eigenvalue weighted by atomic mass is 16.6. The number of aliphatic imine (C=N–C) groups is 1. The van der Waals surface area contributed by atoms with E-state index in [1.54, 1.807) is 20.8 Å². The van der Waals surface area contributed by atoms with Crippen LogP contribution >= 0.6 is 0 Å². The summed E-state index contributed by atoms with van der Waals surface area (Å²) in [6.07, 6.45) is 15.9. The Kier molecular flexibility index (Phi) is 45.7. The van der Waals surface area contributed by atoms with Crippen LogP contribution in [0.2, 0.25) is 0 Å². The van der Waals surface area contributed by atoms with E-state index in [2.05, 4.69) is 6.92 Å². The lowest BCUT2D eigenvalue weighted by Crippen LogP contribution is -2.50. The molecule has 1 aromatic rings. The largest absolute Gasteiger partial charge is 0.475 e. The van der Waals surface area contributed by atoms with Gasteiger partial charge in [0.1, 0.15) is 18.5 Å². The molecule has 93 heavy (non-hydrogen) atoms. The zero-order valence-corrected chi connectivity index (χ0v) is 60.7. The van der Waals surface area contributed by atoms with Crippen LogP contribution in [0.5, 0.6) is 0 Å². The van der Waals surface area contributed by atoms with E-state index in [1.165, 1.54) is 70.6 Å². The van der Waals surface area contributed by atoms with Crippen LogP contribution in [0.1, 0.15) is 213 Å². The van der Waals surface area contributed by atoms with Crippen molar-refractivity contribution in [3.05, 3.63) is 41.9 Å². The van der Waals surface area contributed by atoms with E-state index in [0.717, 1.165) is 36.9 Å². The van der Waals surface area contributed by atoms with Gasteiger partial charge < -0.3 is 81.6 Å². The van der Waals surface area contributed by atoms with Gasteiger partial charge in [0.15, 0.2) is 5.84 Å². The van der Waals surface area contributed by atoms with Crippen molar-refractivity contribution in [3.8, 4) is 0 Å². The summed E-state index contributed by atoms with van der Waals surface area (Å²) >= 11 is 0. The molecular weight excluding hydrogens is 1190 g/mol. The van der Waals surface area contributed by atoms with E-state index in [0.29, 0.717) is 90.2 Å². The van der Waals surface area contributed by atoms with Gasteiger partial charge in [-0.05, 0) is 122 Å². The molecule has 2 heterocycles. The van der Waals surface area contributed by atoms with Crippen molar-refractivity contribution in [1.29, 1.82) is 0 Å². The molecule has 21 heteroatoms. The van der Waals surface area contributed by atoms with E-state index >= 15 is 0 Å². The molecule has 0 radical (unpaired) electrons. The highest BCUT2D eigenvalue weighted by molar-refractivity contribution is 6.17. The smallest absolute Gasteiger partial charge is 0.219 e. The fourth-order valence-corrected chi connectivity index (χ4v) is 9.95. The molecule has 1 aromatic carbocycles. The number of aliphatic hydroxyl groups is 3. The van der Waals surface area contributed by atoms with Crippen molar-refractivity contribution in [2.75, 3.05) is 99.0 Å². The topological polar surface area (TPSA) is 221 Å². The van der Waals surface area contributed by atoms with E-state index in [-0.39, 0.29) is 99.7 Å². The maximum Gasteiger partial charge on any atom is 0.219 e. The average molecular weight is 1330 g/mol. The van der Waals surface area contributed by atoms with Crippen molar-refractivity contribution >= 4 is 17.4 Å². The van der Waals surface area contributed by atoms with Crippen LogP contribution in [-0.2, 0) is 66.3 Å². The summed E-state index contributed by atoms with van der Waals surface area (Å²) in [7, 11) is 0. The first-order chi connectivity index (χ1) is 44.5. The molecule has 0 saturated heterocycles. The number of fused-ring (bicyclic) bond motifs is 3. The first-order valence-corrected chi connectivity index (χ1v) is 35.8. The Morgan fingerprint density at radius 3 is 1.04 bits per heavy atom. The van der Waals surface area contributed by atoms with Gasteiger partial charge in [-0.3, -0.25) is 5.01 Å². The lowest BCUT2D eigenvalue weighted by atomic mass is 10.0. The average Bonchev–Trinajstić information content (AvgIpc) is 0.758. The molecule has 542 valence electrons.